The molecule has 162 valence electrons. The van der Waals surface area contributed by atoms with E-state index < -0.39 is 31.1 Å². The molecule has 0 aromatic heterocycles. The van der Waals surface area contributed by atoms with Crippen molar-refractivity contribution in [3.8, 4) is 0 Å². The Morgan fingerprint density at radius 1 is 1.14 bits per heavy atom. The highest BCUT2D eigenvalue weighted by atomic mass is 32.2. The van der Waals surface area contributed by atoms with Crippen molar-refractivity contribution in [3.05, 3.63) is 28.3 Å². The van der Waals surface area contributed by atoms with Crippen molar-refractivity contribution >= 4 is 21.2 Å². The van der Waals surface area contributed by atoms with Crippen molar-refractivity contribution in [1.29, 1.82) is 0 Å². The van der Waals surface area contributed by atoms with Gasteiger partial charge in [-0.15, -0.1) is 0 Å². The lowest BCUT2D eigenvalue weighted by Crippen LogP contribution is -2.47. The summed E-state index contributed by atoms with van der Waals surface area (Å²) in [5.41, 5.74) is -0.175. The molecule has 0 aliphatic carbocycles. The number of halogens is 2. The van der Waals surface area contributed by atoms with Crippen molar-refractivity contribution in [2.75, 3.05) is 57.8 Å². The Hall–Kier alpha value is -1.85. The first kappa shape index (κ1) is 21.8. The van der Waals surface area contributed by atoms with Crippen molar-refractivity contribution in [3.63, 3.8) is 0 Å². The number of alkyl halides is 2. The van der Waals surface area contributed by atoms with Gasteiger partial charge in [-0.1, -0.05) is 0 Å². The fraction of sp³-hybridized carbons (Fsp3) is 0.667. The molecule has 0 amide bonds. The molecule has 0 saturated carbocycles. The van der Waals surface area contributed by atoms with Gasteiger partial charge < -0.3 is 14.7 Å². The molecule has 2 heterocycles. The molecular formula is C18H26F2N4O4S. The number of nitrogens with zero attached hydrogens (tertiary/aromatic N) is 4. The van der Waals surface area contributed by atoms with Gasteiger partial charge in [-0.25, -0.2) is 8.42 Å². The van der Waals surface area contributed by atoms with Crippen LogP contribution in [-0.2, 0) is 9.84 Å². The van der Waals surface area contributed by atoms with Gasteiger partial charge in [0.25, 0.3) is 5.69 Å². The fourth-order valence-electron chi connectivity index (χ4n) is 3.95. The van der Waals surface area contributed by atoms with E-state index in [0.717, 1.165) is 57.7 Å². The van der Waals surface area contributed by atoms with E-state index in [1.807, 2.05) is 4.90 Å². The van der Waals surface area contributed by atoms with Gasteiger partial charge in [0.05, 0.1) is 9.82 Å². The van der Waals surface area contributed by atoms with E-state index >= 15 is 0 Å². The largest absolute Gasteiger partial charge is 0.366 e. The van der Waals surface area contributed by atoms with E-state index in [0.29, 0.717) is 19.0 Å². The normalized spacial score (nSPS) is 20.3. The number of rotatable bonds is 6. The number of nitro groups is 1. The number of anilines is 1. The van der Waals surface area contributed by atoms with Crippen molar-refractivity contribution < 1.29 is 22.1 Å². The minimum atomic E-state index is -4.87. The van der Waals surface area contributed by atoms with E-state index in [1.165, 1.54) is 6.07 Å². The van der Waals surface area contributed by atoms with Crippen LogP contribution in [0, 0.1) is 16.0 Å². The topological polar surface area (TPSA) is 87.0 Å². The lowest BCUT2D eigenvalue weighted by Gasteiger charge is -2.38. The zero-order valence-electron chi connectivity index (χ0n) is 16.3. The lowest BCUT2D eigenvalue weighted by molar-refractivity contribution is -0.384. The third-order valence-electron chi connectivity index (χ3n) is 5.77. The van der Waals surface area contributed by atoms with Gasteiger partial charge in [0.2, 0.25) is 9.84 Å². The maximum Gasteiger partial charge on any atom is 0.341 e. The summed E-state index contributed by atoms with van der Waals surface area (Å²) in [6, 6.07) is 3.04. The summed E-state index contributed by atoms with van der Waals surface area (Å²) >= 11 is 0. The number of sulfone groups is 1. The minimum Gasteiger partial charge on any atom is -0.366 e. The highest BCUT2D eigenvalue weighted by molar-refractivity contribution is 7.91. The molecule has 0 radical (unpaired) electrons. The third kappa shape index (κ3) is 5.01. The fourth-order valence-corrected chi connectivity index (χ4v) is 4.69. The lowest BCUT2D eigenvalue weighted by atomic mass is 9.95. The first-order chi connectivity index (χ1) is 13.7. The second kappa shape index (κ2) is 8.88. The molecule has 0 spiro atoms. The van der Waals surface area contributed by atoms with Gasteiger partial charge >= 0.3 is 5.76 Å². The van der Waals surface area contributed by atoms with Crippen LogP contribution in [0.1, 0.15) is 12.8 Å². The Balaban J connectivity index is 1.67. The van der Waals surface area contributed by atoms with E-state index in [1.54, 1.807) is 0 Å². The van der Waals surface area contributed by atoms with Crippen LogP contribution in [0.4, 0.5) is 20.2 Å². The predicted octanol–water partition coefficient (Wildman–Crippen LogP) is 2.05. The summed E-state index contributed by atoms with van der Waals surface area (Å²) in [7, 11) is -2.76. The van der Waals surface area contributed by atoms with Gasteiger partial charge in [-0.3, -0.25) is 10.1 Å². The standard InChI is InChI=1S/C18H26F2N4O4S/c1-21-8-10-22(11-9-21)13-14-4-6-23(7-5-14)16-3-2-15(12-17(16)24(25)26)29(27,28)18(19)20/h2-3,12,14,18H,4-11,13H2,1H3. The quantitative estimate of drug-likeness (QED) is 0.502. The van der Waals surface area contributed by atoms with Crippen LogP contribution in [0.25, 0.3) is 0 Å². The maximum absolute atomic E-state index is 12.8. The first-order valence-corrected chi connectivity index (χ1v) is 11.2. The van der Waals surface area contributed by atoms with Crippen LogP contribution in [-0.4, -0.2) is 81.8 Å². The smallest absolute Gasteiger partial charge is 0.341 e. The molecule has 2 fully saturated rings. The molecule has 0 bridgehead atoms. The molecule has 2 saturated heterocycles. The average molecular weight is 432 g/mol. The van der Waals surface area contributed by atoms with Crippen LogP contribution in [0.2, 0.25) is 0 Å². The predicted molar refractivity (Wildman–Crippen MR) is 105 cm³/mol. The van der Waals surface area contributed by atoms with E-state index in [9.17, 15) is 27.3 Å². The van der Waals surface area contributed by atoms with Crippen LogP contribution < -0.4 is 4.90 Å². The van der Waals surface area contributed by atoms with Crippen LogP contribution >= 0.6 is 0 Å². The number of hydrogen-bond acceptors (Lipinski definition) is 7. The Bertz CT molecular complexity index is 836. The molecule has 2 aliphatic heterocycles. The van der Waals surface area contributed by atoms with Gasteiger partial charge in [0.15, 0.2) is 0 Å². The van der Waals surface area contributed by atoms with Crippen molar-refractivity contribution in [1.82, 2.24) is 9.80 Å². The number of piperazine rings is 1. The number of benzene rings is 1. The Labute approximate surface area is 169 Å². The van der Waals surface area contributed by atoms with Crippen LogP contribution in [0.3, 0.4) is 0 Å². The Morgan fingerprint density at radius 2 is 1.76 bits per heavy atom. The summed E-state index contributed by atoms with van der Waals surface area (Å²) in [6.45, 7) is 6.43. The van der Waals surface area contributed by atoms with E-state index in [-0.39, 0.29) is 5.69 Å². The summed E-state index contributed by atoms with van der Waals surface area (Å²) in [4.78, 5) is 16.6. The number of piperidine rings is 1. The zero-order valence-corrected chi connectivity index (χ0v) is 17.2. The SMILES string of the molecule is CN1CCN(CC2CCN(c3ccc(S(=O)(=O)C(F)F)cc3[N+](=O)[O-])CC2)CC1. The molecule has 3 rings (SSSR count). The summed E-state index contributed by atoms with van der Waals surface area (Å²) in [5, 5.41) is 11.5. The second-order valence-electron chi connectivity index (χ2n) is 7.75. The number of nitro benzene ring substituents is 1. The Kier molecular flexibility index (Phi) is 6.69. The summed E-state index contributed by atoms with van der Waals surface area (Å²) in [5.74, 6) is -3.11. The zero-order chi connectivity index (χ0) is 21.2. The third-order valence-corrected chi connectivity index (χ3v) is 7.15. The van der Waals surface area contributed by atoms with Gasteiger partial charge in [0, 0.05) is 51.9 Å². The van der Waals surface area contributed by atoms with Crippen molar-refractivity contribution in [2.45, 2.75) is 23.5 Å². The number of likely N-dealkylation sites (N-methyl/N-ethyl adjacent to an activating group) is 1. The van der Waals surface area contributed by atoms with Crippen LogP contribution in [0.15, 0.2) is 23.1 Å². The molecule has 0 unspecified atom stereocenters. The van der Waals surface area contributed by atoms with Gasteiger partial charge in [0.1, 0.15) is 5.69 Å². The molecule has 2 aliphatic rings. The van der Waals surface area contributed by atoms with E-state index in [4.69, 9.17) is 0 Å². The van der Waals surface area contributed by atoms with Gasteiger partial charge in [-0.2, -0.15) is 8.78 Å². The molecule has 0 N–H and O–H groups in total. The van der Waals surface area contributed by atoms with Gasteiger partial charge in [-0.05, 0) is 37.9 Å². The highest BCUT2D eigenvalue weighted by Crippen LogP contribution is 2.34. The molecule has 11 heteroatoms. The van der Waals surface area contributed by atoms with E-state index in [2.05, 4.69) is 16.8 Å². The average Bonchev–Trinajstić information content (AvgIpc) is 2.69. The molecule has 1 aromatic rings. The summed E-state index contributed by atoms with van der Waals surface area (Å²) < 4.78 is 48.8. The number of hydrogen-bond donors (Lipinski definition) is 0. The van der Waals surface area contributed by atoms with Crippen molar-refractivity contribution in [2.24, 2.45) is 5.92 Å². The Morgan fingerprint density at radius 3 is 2.31 bits per heavy atom. The molecule has 29 heavy (non-hydrogen) atoms. The maximum atomic E-state index is 12.8. The molecule has 8 nitrogen and oxygen atoms in total. The molecule has 0 atom stereocenters. The second-order valence-corrected chi connectivity index (χ2v) is 9.67. The summed E-state index contributed by atoms with van der Waals surface area (Å²) in [6.07, 6.45) is 1.75. The van der Waals surface area contributed by atoms with Crippen LogP contribution in [0.5, 0.6) is 0 Å². The highest BCUT2D eigenvalue weighted by Gasteiger charge is 2.31. The minimum absolute atomic E-state index is 0.279. The first-order valence-electron chi connectivity index (χ1n) is 9.65. The molecular weight excluding hydrogens is 406 g/mol. The monoisotopic (exact) mass is 432 g/mol. The molecule has 1 aromatic carbocycles.